The van der Waals surface area contributed by atoms with Crippen LogP contribution in [-0.4, -0.2) is 0 Å². The quantitative estimate of drug-likeness (QED) is 0.875. The van der Waals surface area contributed by atoms with Gasteiger partial charge in [0.2, 0.25) is 0 Å². The predicted octanol–water partition coefficient (Wildman–Crippen LogP) is 3.64. The minimum atomic E-state index is -0.407. The van der Waals surface area contributed by atoms with Crippen molar-refractivity contribution in [2.24, 2.45) is 5.73 Å². The number of rotatable bonds is 3. The number of benzene rings is 2. The molecule has 2 nitrogen and oxygen atoms in total. The summed E-state index contributed by atoms with van der Waals surface area (Å²) in [6, 6.07) is 13.6. The fourth-order valence-corrected chi connectivity index (χ4v) is 1.66. The first-order chi connectivity index (χ1) is 8.18. The maximum Gasteiger partial charge on any atom is 0.135 e. The maximum absolute atomic E-state index is 13.6. The number of nitrogens with two attached hydrogens (primary N) is 1. The molecule has 0 aliphatic heterocycles. The lowest BCUT2D eigenvalue weighted by Crippen LogP contribution is -2.09. The largest absolute Gasteiger partial charge is 0.457 e. The molecule has 0 saturated carbocycles. The van der Waals surface area contributed by atoms with Crippen LogP contribution in [0.4, 0.5) is 4.39 Å². The summed E-state index contributed by atoms with van der Waals surface area (Å²) in [6.07, 6.45) is 0. The van der Waals surface area contributed by atoms with Gasteiger partial charge in [-0.15, -0.1) is 0 Å². The predicted molar refractivity (Wildman–Crippen MR) is 65.5 cm³/mol. The van der Waals surface area contributed by atoms with Gasteiger partial charge in [-0.25, -0.2) is 4.39 Å². The molecule has 88 valence electrons. The van der Waals surface area contributed by atoms with Crippen LogP contribution in [0.25, 0.3) is 0 Å². The summed E-state index contributed by atoms with van der Waals surface area (Å²) < 4.78 is 19.3. The standard InChI is InChI=1S/C14H14FNO/c1-10(16)14-12(15)8-5-9-13(14)17-11-6-3-2-4-7-11/h2-10H,16H2,1H3/t10-/m1/s1. The molecule has 0 bridgehead atoms. The van der Waals surface area contributed by atoms with Crippen LogP contribution in [0.2, 0.25) is 0 Å². The van der Waals surface area contributed by atoms with Crippen molar-refractivity contribution in [2.45, 2.75) is 13.0 Å². The maximum atomic E-state index is 13.6. The van der Waals surface area contributed by atoms with Crippen molar-refractivity contribution in [3.8, 4) is 11.5 Å². The van der Waals surface area contributed by atoms with Crippen molar-refractivity contribution < 1.29 is 9.13 Å². The molecule has 3 heteroatoms. The summed E-state index contributed by atoms with van der Waals surface area (Å²) in [7, 11) is 0. The van der Waals surface area contributed by atoms with Crippen LogP contribution in [0.3, 0.4) is 0 Å². The van der Waals surface area contributed by atoms with Crippen molar-refractivity contribution in [3.63, 3.8) is 0 Å². The highest BCUT2D eigenvalue weighted by molar-refractivity contribution is 5.40. The monoisotopic (exact) mass is 231 g/mol. The van der Waals surface area contributed by atoms with Gasteiger partial charge in [-0.05, 0) is 31.2 Å². The van der Waals surface area contributed by atoms with Crippen LogP contribution in [0.1, 0.15) is 18.5 Å². The van der Waals surface area contributed by atoms with Crippen LogP contribution in [-0.2, 0) is 0 Å². The van der Waals surface area contributed by atoms with Crippen molar-refractivity contribution >= 4 is 0 Å². The average molecular weight is 231 g/mol. The van der Waals surface area contributed by atoms with Crippen LogP contribution in [0.5, 0.6) is 11.5 Å². The molecule has 0 aliphatic carbocycles. The molecule has 2 aromatic rings. The van der Waals surface area contributed by atoms with Gasteiger partial charge in [-0.3, -0.25) is 0 Å². The smallest absolute Gasteiger partial charge is 0.135 e. The van der Waals surface area contributed by atoms with E-state index in [4.69, 9.17) is 10.5 Å². The second-order valence-electron chi connectivity index (χ2n) is 3.86. The molecule has 0 spiro atoms. The first kappa shape index (κ1) is 11.6. The first-order valence-electron chi connectivity index (χ1n) is 5.45. The Bertz CT molecular complexity index is 497. The van der Waals surface area contributed by atoms with Gasteiger partial charge >= 0.3 is 0 Å². The van der Waals surface area contributed by atoms with Crippen molar-refractivity contribution in [1.82, 2.24) is 0 Å². The normalized spacial score (nSPS) is 12.2. The summed E-state index contributed by atoms with van der Waals surface area (Å²) in [5.41, 5.74) is 6.15. The molecular weight excluding hydrogens is 217 g/mol. The van der Waals surface area contributed by atoms with E-state index in [1.807, 2.05) is 30.3 Å². The van der Waals surface area contributed by atoms with Gasteiger partial charge in [0.1, 0.15) is 17.3 Å². The Labute approximate surface area is 99.8 Å². The van der Waals surface area contributed by atoms with E-state index in [1.54, 1.807) is 19.1 Å². The molecule has 0 amide bonds. The van der Waals surface area contributed by atoms with Gasteiger partial charge in [-0.2, -0.15) is 0 Å². The van der Waals surface area contributed by atoms with Gasteiger partial charge in [0, 0.05) is 11.6 Å². The fourth-order valence-electron chi connectivity index (χ4n) is 1.66. The van der Waals surface area contributed by atoms with Gasteiger partial charge in [-0.1, -0.05) is 24.3 Å². The second-order valence-corrected chi connectivity index (χ2v) is 3.86. The topological polar surface area (TPSA) is 35.2 Å². The van der Waals surface area contributed by atoms with E-state index >= 15 is 0 Å². The third-order valence-corrected chi connectivity index (χ3v) is 2.44. The summed E-state index contributed by atoms with van der Waals surface area (Å²) in [6.45, 7) is 1.73. The lowest BCUT2D eigenvalue weighted by atomic mass is 10.1. The van der Waals surface area contributed by atoms with Crippen LogP contribution >= 0.6 is 0 Å². The first-order valence-corrected chi connectivity index (χ1v) is 5.45. The summed E-state index contributed by atoms with van der Waals surface area (Å²) >= 11 is 0. The van der Waals surface area contributed by atoms with Gasteiger partial charge in [0.25, 0.3) is 0 Å². The van der Waals surface area contributed by atoms with E-state index in [9.17, 15) is 4.39 Å². The van der Waals surface area contributed by atoms with E-state index in [1.165, 1.54) is 6.07 Å². The zero-order valence-electron chi connectivity index (χ0n) is 9.56. The number of hydrogen-bond acceptors (Lipinski definition) is 2. The lowest BCUT2D eigenvalue weighted by molar-refractivity contribution is 0.461. The molecule has 2 aromatic carbocycles. The molecule has 17 heavy (non-hydrogen) atoms. The highest BCUT2D eigenvalue weighted by atomic mass is 19.1. The number of ether oxygens (including phenoxy) is 1. The van der Waals surface area contributed by atoms with Crippen LogP contribution in [0.15, 0.2) is 48.5 Å². The summed E-state index contributed by atoms with van der Waals surface area (Å²) in [4.78, 5) is 0. The number of para-hydroxylation sites is 1. The van der Waals surface area contributed by atoms with Crippen LogP contribution in [0, 0.1) is 5.82 Å². The zero-order valence-corrected chi connectivity index (χ0v) is 9.56. The molecule has 0 aromatic heterocycles. The molecule has 0 heterocycles. The molecule has 1 atom stereocenters. The fraction of sp³-hybridized carbons (Fsp3) is 0.143. The van der Waals surface area contributed by atoms with Gasteiger partial charge < -0.3 is 10.5 Å². The van der Waals surface area contributed by atoms with E-state index in [-0.39, 0.29) is 5.82 Å². The number of halogens is 1. The van der Waals surface area contributed by atoms with Crippen molar-refractivity contribution in [1.29, 1.82) is 0 Å². The Morgan fingerprint density at radius 1 is 1.06 bits per heavy atom. The van der Waals surface area contributed by atoms with E-state index in [2.05, 4.69) is 0 Å². The molecule has 0 radical (unpaired) electrons. The molecule has 2 rings (SSSR count). The average Bonchev–Trinajstić information content (AvgIpc) is 2.30. The van der Waals surface area contributed by atoms with Gasteiger partial charge in [0.15, 0.2) is 0 Å². The zero-order chi connectivity index (χ0) is 12.3. The summed E-state index contributed by atoms with van der Waals surface area (Å²) in [5, 5.41) is 0. The number of hydrogen-bond donors (Lipinski definition) is 1. The van der Waals surface area contributed by atoms with E-state index in [0.29, 0.717) is 17.1 Å². The molecule has 2 N–H and O–H groups in total. The van der Waals surface area contributed by atoms with E-state index in [0.717, 1.165) is 0 Å². The SMILES string of the molecule is C[C@@H](N)c1c(F)cccc1Oc1ccccc1. The molecule has 0 saturated heterocycles. The molecule has 0 aliphatic rings. The van der Waals surface area contributed by atoms with E-state index < -0.39 is 6.04 Å². The Morgan fingerprint density at radius 3 is 2.41 bits per heavy atom. The van der Waals surface area contributed by atoms with Gasteiger partial charge in [0.05, 0.1) is 0 Å². The van der Waals surface area contributed by atoms with Crippen molar-refractivity contribution in [3.05, 3.63) is 59.9 Å². The Kier molecular flexibility index (Phi) is 3.40. The minimum Gasteiger partial charge on any atom is -0.457 e. The third-order valence-electron chi connectivity index (χ3n) is 2.44. The highest BCUT2D eigenvalue weighted by Gasteiger charge is 2.13. The van der Waals surface area contributed by atoms with Crippen molar-refractivity contribution in [2.75, 3.05) is 0 Å². The summed E-state index contributed by atoms with van der Waals surface area (Å²) in [5.74, 6) is 0.791. The highest BCUT2D eigenvalue weighted by Crippen LogP contribution is 2.30. The molecule has 0 unspecified atom stereocenters. The van der Waals surface area contributed by atoms with Crippen LogP contribution < -0.4 is 10.5 Å². The molecule has 0 fully saturated rings. The molecular formula is C14H14FNO. The Hall–Kier alpha value is -1.87. The Balaban J connectivity index is 2.36. The lowest BCUT2D eigenvalue weighted by Gasteiger charge is -2.14. The minimum absolute atomic E-state index is 0.339. The third kappa shape index (κ3) is 2.63. The Morgan fingerprint density at radius 2 is 1.76 bits per heavy atom. The second kappa shape index (κ2) is 4.97.